The fourth-order valence-electron chi connectivity index (χ4n) is 3.60. The van der Waals surface area contributed by atoms with Crippen LogP contribution in [0.25, 0.3) is 16.3 Å². The van der Waals surface area contributed by atoms with Gasteiger partial charge in [-0.1, -0.05) is 6.07 Å². The largest absolute Gasteiger partial charge is 0.369 e. The summed E-state index contributed by atoms with van der Waals surface area (Å²) in [5.74, 6) is 0.230. The molecule has 8 heteroatoms. The van der Waals surface area contributed by atoms with Gasteiger partial charge in [0.15, 0.2) is 0 Å². The lowest BCUT2D eigenvalue weighted by Crippen LogP contribution is -2.44. The minimum absolute atomic E-state index is 0.212. The molecule has 3 heterocycles. The highest BCUT2D eigenvalue weighted by molar-refractivity contribution is 7.16. The molecule has 1 saturated heterocycles. The van der Waals surface area contributed by atoms with Crippen molar-refractivity contribution in [1.82, 2.24) is 15.2 Å². The summed E-state index contributed by atoms with van der Waals surface area (Å²) < 4.78 is 1.09. The van der Waals surface area contributed by atoms with Crippen molar-refractivity contribution in [3.8, 4) is 0 Å². The van der Waals surface area contributed by atoms with Gasteiger partial charge < -0.3 is 15.1 Å². The number of hydrogen-bond acceptors (Lipinski definition) is 7. The number of carbonyl (C=O) groups excluding carboxylic acids is 1. The molecular weight excluding hydrogens is 396 g/mol. The highest BCUT2D eigenvalue weighted by atomic mass is 32.1. The van der Waals surface area contributed by atoms with E-state index in [-0.39, 0.29) is 5.91 Å². The zero-order chi connectivity index (χ0) is 20.5. The van der Waals surface area contributed by atoms with E-state index < -0.39 is 0 Å². The number of benzene rings is 2. The predicted octanol–water partition coefficient (Wildman–Crippen LogP) is 2.99. The number of aliphatic imine (C=N–C) groups is 1. The van der Waals surface area contributed by atoms with E-state index in [9.17, 15) is 4.79 Å². The van der Waals surface area contributed by atoms with Crippen LogP contribution in [0.15, 0.2) is 58.7 Å². The molecule has 1 amide bonds. The number of amides is 1. The second kappa shape index (κ2) is 7.89. The van der Waals surface area contributed by atoms with Crippen LogP contribution in [0.4, 0.5) is 11.4 Å². The number of fused-ring (bicyclic) bond motifs is 1. The minimum atomic E-state index is -0.212. The second-order valence-electron chi connectivity index (χ2n) is 7.49. The van der Waals surface area contributed by atoms with Gasteiger partial charge in [-0.25, -0.2) is 9.98 Å². The third-order valence-electron chi connectivity index (χ3n) is 5.35. The van der Waals surface area contributed by atoms with Crippen molar-refractivity contribution in [2.75, 3.05) is 43.4 Å². The number of thiazole rings is 1. The molecule has 1 fully saturated rings. The van der Waals surface area contributed by atoms with E-state index in [1.807, 2.05) is 35.8 Å². The van der Waals surface area contributed by atoms with Gasteiger partial charge in [0.1, 0.15) is 5.70 Å². The SMILES string of the molecule is CN1CCN(c2ccc(NC3=N/C(=C\c4ccc5ncsc5c4)C(=O)N3)cc2)CC1. The molecule has 0 unspecified atom stereocenters. The van der Waals surface area contributed by atoms with Gasteiger partial charge in [0, 0.05) is 37.6 Å². The van der Waals surface area contributed by atoms with Crippen LogP contribution in [0.1, 0.15) is 5.56 Å². The lowest BCUT2D eigenvalue weighted by atomic mass is 10.2. The summed E-state index contributed by atoms with van der Waals surface area (Å²) in [5.41, 5.74) is 6.20. The first-order valence-corrected chi connectivity index (χ1v) is 10.8. The Morgan fingerprint density at radius 2 is 1.90 bits per heavy atom. The Labute approximate surface area is 178 Å². The van der Waals surface area contributed by atoms with Crippen LogP contribution in [-0.4, -0.2) is 55.0 Å². The van der Waals surface area contributed by atoms with E-state index in [1.165, 1.54) is 5.69 Å². The molecule has 0 atom stereocenters. The van der Waals surface area contributed by atoms with Crippen molar-refractivity contribution in [2.45, 2.75) is 0 Å². The summed E-state index contributed by atoms with van der Waals surface area (Å²) in [7, 11) is 2.15. The van der Waals surface area contributed by atoms with Crippen molar-refractivity contribution in [2.24, 2.45) is 4.99 Å². The van der Waals surface area contributed by atoms with E-state index in [4.69, 9.17) is 0 Å². The molecule has 2 aliphatic rings. The molecule has 7 nitrogen and oxygen atoms in total. The summed E-state index contributed by atoms with van der Waals surface area (Å²) in [6.45, 7) is 4.23. The maximum atomic E-state index is 12.3. The molecule has 0 saturated carbocycles. The van der Waals surface area contributed by atoms with E-state index >= 15 is 0 Å². The Hall–Kier alpha value is -3.23. The number of rotatable bonds is 3. The number of carbonyl (C=O) groups is 1. The quantitative estimate of drug-likeness (QED) is 0.640. The van der Waals surface area contributed by atoms with Gasteiger partial charge in [0.2, 0.25) is 5.96 Å². The average molecular weight is 419 g/mol. The Morgan fingerprint density at radius 3 is 2.70 bits per heavy atom. The molecule has 1 aromatic heterocycles. The molecule has 2 aliphatic heterocycles. The number of nitrogens with zero attached hydrogens (tertiary/aromatic N) is 4. The zero-order valence-corrected chi connectivity index (χ0v) is 17.4. The molecule has 3 aromatic rings. The summed E-state index contributed by atoms with van der Waals surface area (Å²) in [6, 6.07) is 14.2. The van der Waals surface area contributed by atoms with Gasteiger partial charge in [-0.05, 0) is 55.1 Å². The Morgan fingerprint density at radius 1 is 1.10 bits per heavy atom. The summed E-state index contributed by atoms with van der Waals surface area (Å²) in [5, 5.41) is 5.99. The average Bonchev–Trinajstić information content (AvgIpc) is 3.35. The Kier molecular flexibility index (Phi) is 4.94. The van der Waals surface area contributed by atoms with E-state index in [0.29, 0.717) is 11.7 Å². The molecule has 0 radical (unpaired) electrons. The fourth-order valence-corrected chi connectivity index (χ4v) is 4.33. The molecule has 5 rings (SSSR count). The third-order valence-corrected chi connectivity index (χ3v) is 6.15. The van der Waals surface area contributed by atoms with Gasteiger partial charge in [-0.2, -0.15) is 0 Å². The van der Waals surface area contributed by atoms with E-state index in [1.54, 1.807) is 17.4 Å². The number of anilines is 2. The normalized spacial score (nSPS) is 18.7. The van der Waals surface area contributed by atoms with Crippen LogP contribution in [0, 0.1) is 0 Å². The second-order valence-corrected chi connectivity index (χ2v) is 8.37. The smallest absolute Gasteiger partial charge is 0.276 e. The number of likely N-dealkylation sites (N-methyl/N-ethyl adjacent to an activating group) is 1. The van der Waals surface area contributed by atoms with Crippen LogP contribution < -0.4 is 15.5 Å². The molecule has 0 aliphatic carbocycles. The van der Waals surface area contributed by atoms with Crippen LogP contribution in [0.2, 0.25) is 0 Å². The fraction of sp³-hybridized carbons (Fsp3) is 0.227. The lowest BCUT2D eigenvalue weighted by Gasteiger charge is -2.34. The third kappa shape index (κ3) is 3.92. The van der Waals surface area contributed by atoms with E-state index in [2.05, 4.69) is 49.6 Å². The zero-order valence-electron chi connectivity index (χ0n) is 16.6. The summed E-state index contributed by atoms with van der Waals surface area (Å²) in [6.07, 6.45) is 1.79. The topological polar surface area (TPSA) is 72.9 Å². The Balaban J connectivity index is 1.28. The van der Waals surface area contributed by atoms with Gasteiger partial charge in [0.05, 0.1) is 15.7 Å². The van der Waals surface area contributed by atoms with Gasteiger partial charge in [-0.3, -0.25) is 10.1 Å². The Bertz CT molecular complexity index is 1140. The monoisotopic (exact) mass is 418 g/mol. The highest BCUT2D eigenvalue weighted by Crippen LogP contribution is 2.22. The van der Waals surface area contributed by atoms with Crippen molar-refractivity contribution < 1.29 is 4.79 Å². The first-order chi connectivity index (χ1) is 14.6. The van der Waals surface area contributed by atoms with Gasteiger partial charge >= 0.3 is 0 Å². The first kappa shape index (κ1) is 18.8. The molecule has 152 valence electrons. The van der Waals surface area contributed by atoms with Gasteiger partial charge in [-0.15, -0.1) is 11.3 Å². The van der Waals surface area contributed by atoms with Crippen LogP contribution >= 0.6 is 11.3 Å². The molecule has 2 N–H and O–H groups in total. The van der Waals surface area contributed by atoms with Crippen molar-refractivity contribution in [3.05, 3.63) is 59.2 Å². The number of nitrogens with one attached hydrogen (secondary N) is 2. The van der Waals surface area contributed by atoms with Crippen LogP contribution in [0.5, 0.6) is 0 Å². The van der Waals surface area contributed by atoms with Crippen molar-refractivity contribution in [1.29, 1.82) is 0 Å². The molecule has 0 bridgehead atoms. The predicted molar refractivity (Wildman–Crippen MR) is 123 cm³/mol. The first-order valence-electron chi connectivity index (χ1n) is 9.90. The minimum Gasteiger partial charge on any atom is -0.369 e. The summed E-state index contributed by atoms with van der Waals surface area (Å²) in [4.78, 5) is 25.8. The van der Waals surface area contributed by atoms with Crippen molar-refractivity contribution in [3.63, 3.8) is 0 Å². The molecule has 30 heavy (non-hydrogen) atoms. The van der Waals surface area contributed by atoms with Crippen LogP contribution in [0.3, 0.4) is 0 Å². The number of hydrogen-bond donors (Lipinski definition) is 2. The standard InChI is InChI=1S/C22H22N6OS/c1-27-8-10-28(11-9-27)17-5-3-16(4-6-17)24-22-25-19(21(29)26-22)12-15-2-7-18-20(13-15)30-14-23-18/h2-7,12-14H,8-11H2,1H3,(H2,24,25,26,29)/b19-12-. The summed E-state index contributed by atoms with van der Waals surface area (Å²) >= 11 is 1.58. The maximum absolute atomic E-state index is 12.3. The van der Waals surface area contributed by atoms with E-state index in [0.717, 1.165) is 47.6 Å². The molecule has 2 aromatic carbocycles. The highest BCUT2D eigenvalue weighted by Gasteiger charge is 2.20. The molecular formula is C22H22N6OS. The lowest BCUT2D eigenvalue weighted by molar-refractivity contribution is -0.115. The maximum Gasteiger partial charge on any atom is 0.276 e. The number of piperazine rings is 1. The number of aromatic nitrogens is 1. The van der Waals surface area contributed by atoms with Gasteiger partial charge in [0.25, 0.3) is 5.91 Å². The molecule has 0 spiro atoms. The van der Waals surface area contributed by atoms with Crippen molar-refractivity contribution >= 4 is 50.9 Å². The van der Waals surface area contributed by atoms with Crippen LogP contribution in [-0.2, 0) is 4.79 Å². The number of guanidine groups is 1.